The summed E-state index contributed by atoms with van der Waals surface area (Å²) in [5.74, 6) is 0. The molecule has 4 nitrogen and oxygen atoms in total. The second-order valence-corrected chi connectivity index (χ2v) is 9.23. The summed E-state index contributed by atoms with van der Waals surface area (Å²) in [7, 11) is 1.61. The van der Waals surface area contributed by atoms with Crippen LogP contribution in [-0.2, 0) is 26.3 Å². The van der Waals surface area contributed by atoms with Crippen molar-refractivity contribution in [3.8, 4) is 0 Å². The van der Waals surface area contributed by atoms with Gasteiger partial charge in [-0.15, -0.1) is 0 Å². The van der Waals surface area contributed by atoms with Gasteiger partial charge in [0.15, 0.2) is 0 Å². The Morgan fingerprint density at radius 1 is 1.35 bits per heavy atom. The highest BCUT2D eigenvalue weighted by molar-refractivity contribution is 7.91. The zero-order chi connectivity index (χ0) is 17.1. The Labute approximate surface area is 146 Å². The van der Waals surface area contributed by atoms with Gasteiger partial charge in [-0.25, -0.2) is 0 Å². The second-order valence-electron chi connectivity index (χ2n) is 6.86. The fraction of sp³-hybridized carbons (Fsp3) is 0.588. The molecule has 0 heterocycles. The first-order valence-corrected chi connectivity index (χ1v) is 9.09. The van der Waals surface area contributed by atoms with Crippen LogP contribution in [0, 0.1) is 0 Å². The van der Waals surface area contributed by atoms with Crippen LogP contribution in [0.25, 0.3) is 0 Å². The van der Waals surface area contributed by atoms with Gasteiger partial charge in [0, 0.05) is 17.5 Å². The van der Waals surface area contributed by atoms with E-state index in [1.54, 1.807) is 7.11 Å². The van der Waals surface area contributed by atoms with Crippen LogP contribution in [-0.4, -0.2) is 35.5 Å². The predicted octanol–water partition coefficient (Wildman–Crippen LogP) is 3.89. The zero-order valence-corrected chi connectivity index (χ0v) is 15.6. The van der Waals surface area contributed by atoms with Crippen molar-refractivity contribution in [3.63, 3.8) is 0 Å². The minimum Gasteiger partial charge on any atom is -0.591 e. The molecule has 1 aliphatic rings. The Balaban J connectivity index is 2.17. The van der Waals surface area contributed by atoms with Crippen molar-refractivity contribution in [2.45, 2.75) is 49.9 Å². The molecule has 128 valence electrons. The third kappa shape index (κ3) is 4.70. The Hall–Kier alpha value is -0.590. The van der Waals surface area contributed by atoms with E-state index in [4.69, 9.17) is 21.1 Å². The third-order valence-electron chi connectivity index (χ3n) is 3.94. The molecular weight excluding hydrogens is 334 g/mol. The standard InChI is InChI=1S/C17H24ClNO3S/c1-16(2,3)23(20)19-11-17(9-15(10-17)22-12-21-4)13-5-7-14(18)8-6-13/h5-8,11,15H,9-10,12H2,1-4H3/b19-11+. The molecule has 0 spiro atoms. The lowest BCUT2D eigenvalue weighted by molar-refractivity contribution is -0.110. The Morgan fingerprint density at radius 3 is 2.48 bits per heavy atom. The quantitative estimate of drug-likeness (QED) is 0.441. The minimum atomic E-state index is -1.27. The van der Waals surface area contributed by atoms with Gasteiger partial charge < -0.3 is 14.0 Å². The molecule has 1 saturated carbocycles. The molecule has 1 fully saturated rings. The van der Waals surface area contributed by atoms with Crippen molar-refractivity contribution >= 4 is 29.2 Å². The van der Waals surface area contributed by atoms with E-state index >= 15 is 0 Å². The highest BCUT2D eigenvalue weighted by atomic mass is 35.5. The molecule has 1 unspecified atom stereocenters. The summed E-state index contributed by atoms with van der Waals surface area (Å²) in [6.07, 6.45) is 3.55. The van der Waals surface area contributed by atoms with Crippen LogP contribution in [0.3, 0.4) is 0 Å². The molecule has 0 saturated heterocycles. The molecule has 2 rings (SSSR count). The van der Waals surface area contributed by atoms with E-state index in [0.717, 1.165) is 18.4 Å². The first-order valence-electron chi connectivity index (χ1n) is 7.61. The van der Waals surface area contributed by atoms with Crippen molar-refractivity contribution in [2.24, 2.45) is 4.40 Å². The SMILES string of the molecule is COCOC1CC(/C=N/[S+]([O-])C(C)(C)C)(c2ccc(Cl)cc2)C1. The average Bonchev–Trinajstić information content (AvgIpc) is 2.45. The Morgan fingerprint density at radius 2 is 1.96 bits per heavy atom. The minimum absolute atomic E-state index is 0.125. The van der Waals surface area contributed by atoms with Crippen LogP contribution >= 0.6 is 11.6 Å². The first-order chi connectivity index (χ1) is 10.8. The van der Waals surface area contributed by atoms with Crippen molar-refractivity contribution < 1.29 is 14.0 Å². The van der Waals surface area contributed by atoms with Crippen LogP contribution in [0.4, 0.5) is 0 Å². The van der Waals surface area contributed by atoms with Crippen molar-refractivity contribution in [3.05, 3.63) is 34.9 Å². The second kappa shape index (κ2) is 7.53. The van der Waals surface area contributed by atoms with Crippen molar-refractivity contribution in [1.29, 1.82) is 0 Å². The molecule has 0 radical (unpaired) electrons. The molecule has 23 heavy (non-hydrogen) atoms. The van der Waals surface area contributed by atoms with Gasteiger partial charge in [-0.3, -0.25) is 0 Å². The maximum Gasteiger partial charge on any atom is 0.146 e. The molecule has 1 aliphatic carbocycles. The fourth-order valence-electron chi connectivity index (χ4n) is 2.54. The molecule has 1 aromatic carbocycles. The lowest BCUT2D eigenvalue weighted by Crippen LogP contribution is -2.47. The van der Waals surface area contributed by atoms with E-state index in [1.165, 1.54) is 0 Å². The summed E-state index contributed by atoms with van der Waals surface area (Å²) >= 11 is 4.72. The van der Waals surface area contributed by atoms with E-state index in [2.05, 4.69) is 4.40 Å². The summed E-state index contributed by atoms with van der Waals surface area (Å²) in [5, 5.41) is 0.700. The van der Waals surface area contributed by atoms with Gasteiger partial charge in [-0.2, -0.15) is 0 Å². The van der Waals surface area contributed by atoms with Crippen LogP contribution in [0.5, 0.6) is 0 Å². The summed E-state index contributed by atoms with van der Waals surface area (Å²) < 4.78 is 26.8. The molecule has 0 amide bonds. The van der Waals surface area contributed by atoms with Crippen LogP contribution in [0.1, 0.15) is 39.2 Å². The van der Waals surface area contributed by atoms with E-state index in [-0.39, 0.29) is 23.1 Å². The fourth-order valence-corrected chi connectivity index (χ4v) is 3.28. The summed E-state index contributed by atoms with van der Waals surface area (Å²) in [4.78, 5) is 0. The van der Waals surface area contributed by atoms with Crippen LogP contribution in [0.15, 0.2) is 28.7 Å². The number of hydrogen-bond acceptors (Lipinski definition) is 4. The monoisotopic (exact) mass is 357 g/mol. The van der Waals surface area contributed by atoms with Gasteiger partial charge in [0.25, 0.3) is 0 Å². The van der Waals surface area contributed by atoms with Crippen LogP contribution in [0.2, 0.25) is 5.02 Å². The van der Waals surface area contributed by atoms with E-state index in [1.807, 2.05) is 51.3 Å². The number of ether oxygens (including phenoxy) is 2. The lowest BCUT2D eigenvalue weighted by Gasteiger charge is -2.44. The number of benzene rings is 1. The maximum atomic E-state index is 12.2. The number of halogens is 1. The van der Waals surface area contributed by atoms with Gasteiger partial charge in [0.1, 0.15) is 22.9 Å². The lowest BCUT2D eigenvalue weighted by atomic mass is 9.63. The van der Waals surface area contributed by atoms with Gasteiger partial charge in [0.2, 0.25) is 0 Å². The first kappa shape index (κ1) is 18.7. The van der Waals surface area contributed by atoms with Gasteiger partial charge >= 0.3 is 0 Å². The molecule has 0 aromatic heterocycles. The van der Waals surface area contributed by atoms with E-state index in [9.17, 15) is 4.55 Å². The zero-order valence-electron chi connectivity index (χ0n) is 14.0. The van der Waals surface area contributed by atoms with E-state index in [0.29, 0.717) is 5.02 Å². The predicted molar refractivity (Wildman–Crippen MR) is 95.5 cm³/mol. The number of nitrogens with zero attached hydrogens (tertiary/aromatic N) is 1. The van der Waals surface area contributed by atoms with Crippen molar-refractivity contribution in [2.75, 3.05) is 13.9 Å². The third-order valence-corrected chi connectivity index (χ3v) is 5.54. The van der Waals surface area contributed by atoms with Gasteiger partial charge in [-0.1, -0.05) is 28.1 Å². The van der Waals surface area contributed by atoms with Gasteiger partial charge in [-0.05, 0) is 51.3 Å². The Bertz CT molecular complexity index is 536. The molecule has 1 aromatic rings. The van der Waals surface area contributed by atoms with Crippen LogP contribution < -0.4 is 0 Å². The summed E-state index contributed by atoms with van der Waals surface area (Å²) in [6, 6.07) is 7.74. The molecule has 0 bridgehead atoms. The number of methoxy groups -OCH3 is 1. The molecule has 6 heteroatoms. The van der Waals surface area contributed by atoms with Gasteiger partial charge in [0.05, 0.1) is 12.3 Å². The molecule has 0 N–H and O–H groups in total. The molecule has 1 atom stereocenters. The van der Waals surface area contributed by atoms with E-state index < -0.39 is 11.4 Å². The number of hydrogen-bond donors (Lipinski definition) is 0. The molecule has 0 aliphatic heterocycles. The molecular formula is C17H24ClNO3S. The average molecular weight is 358 g/mol. The highest BCUT2D eigenvalue weighted by Crippen LogP contribution is 2.44. The normalized spacial score (nSPS) is 26.3. The maximum absolute atomic E-state index is 12.2. The number of rotatable bonds is 6. The Kier molecular flexibility index (Phi) is 6.14. The van der Waals surface area contributed by atoms with Crippen molar-refractivity contribution in [1.82, 2.24) is 0 Å². The summed E-state index contributed by atoms with van der Waals surface area (Å²) in [5.41, 5.74) is 0.873. The summed E-state index contributed by atoms with van der Waals surface area (Å²) in [6.45, 7) is 6.04. The smallest absolute Gasteiger partial charge is 0.146 e. The highest BCUT2D eigenvalue weighted by Gasteiger charge is 2.46. The largest absolute Gasteiger partial charge is 0.591 e. The topological polar surface area (TPSA) is 53.9 Å².